The number of carbonyl (C=O) groups excluding carboxylic acids is 1. The van der Waals surface area contributed by atoms with E-state index in [0.29, 0.717) is 22.1 Å². The van der Waals surface area contributed by atoms with Crippen LogP contribution in [0.25, 0.3) is 22.1 Å². The largest absolute Gasteiger partial charge is 0.506 e. The molecule has 0 radical (unpaired) electrons. The van der Waals surface area contributed by atoms with Crippen LogP contribution in [0, 0.1) is 0 Å². The molecule has 1 aromatic heterocycles. The van der Waals surface area contributed by atoms with Crippen molar-refractivity contribution in [2.45, 2.75) is 0 Å². The third-order valence-corrected chi connectivity index (χ3v) is 4.35. The highest BCUT2D eigenvalue weighted by Crippen LogP contribution is 2.32. The maximum atomic E-state index is 11.2. The van der Waals surface area contributed by atoms with Gasteiger partial charge in [0.2, 0.25) is 5.91 Å². The zero-order valence-corrected chi connectivity index (χ0v) is 14.0. The smallest absolute Gasteiger partial charge is 0.248 e. The highest BCUT2D eigenvalue weighted by atomic mass is 16.3. The molecule has 3 aromatic carbocycles. The monoisotopic (exact) mass is 344 g/mol. The Morgan fingerprint density at radius 1 is 0.923 bits per heavy atom. The van der Waals surface area contributed by atoms with E-state index in [2.05, 4.69) is 4.98 Å². The van der Waals surface area contributed by atoms with E-state index in [9.17, 15) is 9.90 Å². The maximum absolute atomic E-state index is 11.2. The lowest BCUT2D eigenvalue weighted by Gasteiger charge is -2.21. The molecule has 0 unspecified atom stereocenters. The Hall–Kier alpha value is -3.67. The van der Waals surface area contributed by atoms with Crippen molar-refractivity contribution in [3.05, 3.63) is 66.2 Å². The second kappa shape index (κ2) is 6.00. The van der Waals surface area contributed by atoms with E-state index in [-0.39, 0.29) is 5.75 Å². The van der Waals surface area contributed by atoms with Gasteiger partial charge < -0.3 is 15.7 Å². The number of benzene rings is 3. The topological polar surface area (TPSA) is 92.3 Å². The molecule has 6 heteroatoms. The van der Waals surface area contributed by atoms with Crippen LogP contribution in [0.5, 0.6) is 5.75 Å². The number of aromatic hydroxyl groups is 1. The van der Waals surface area contributed by atoms with E-state index >= 15 is 0 Å². The molecule has 0 aliphatic heterocycles. The Morgan fingerprint density at radius 2 is 1.54 bits per heavy atom. The van der Waals surface area contributed by atoms with Crippen molar-refractivity contribution in [2.24, 2.45) is 5.73 Å². The number of nitrogens with two attached hydrogens (primary N) is 1. The van der Waals surface area contributed by atoms with Crippen LogP contribution in [0.4, 0.5) is 11.4 Å². The molecule has 0 bridgehead atoms. The van der Waals surface area contributed by atoms with Crippen LogP contribution in [-0.4, -0.2) is 28.0 Å². The van der Waals surface area contributed by atoms with Crippen molar-refractivity contribution in [1.82, 2.24) is 9.97 Å². The SMILES string of the molecule is CN(c1ccc(C(N)=O)cc1)c1cccc2nc3c(O)cccc3nc12. The van der Waals surface area contributed by atoms with Gasteiger partial charge in [-0.2, -0.15) is 0 Å². The van der Waals surface area contributed by atoms with Crippen molar-refractivity contribution in [1.29, 1.82) is 0 Å². The van der Waals surface area contributed by atoms with Gasteiger partial charge in [0.1, 0.15) is 16.8 Å². The summed E-state index contributed by atoms with van der Waals surface area (Å²) < 4.78 is 0. The summed E-state index contributed by atoms with van der Waals surface area (Å²) in [6, 6.07) is 17.9. The second-order valence-corrected chi connectivity index (χ2v) is 5.98. The van der Waals surface area contributed by atoms with Gasteiger partial charge in [-0.15, -0.1) is 0 Å². The molecule has 1 heterocycles. The summed E-state index contributed by atoms with van der Waals surface area (Å²) in [7, 11) is 1.92. The molecule has 26 heavy (non-hydrogen) atoms. The van der Waals surface area contributed by atoms with Gasteiger partial charge in [0.05, 0.1) is 16.7 Å². The first kappa shape index (κ1) is 15.8. The molecule has 6 nitrogen and oxygen atoms in total. The Bertz CT molecular complexity index is 1140. The Kier molecular flexibility index (Phi) is 3.65. The van der Waals surface area contributed by atoms with E-state index in [0.717, 1.165) is 16.9 Å². The minimum atomic E-state index is -0.457. The molecule has 4 rings (SSSR count). The van der Waals surface area contributed by atoms with Gasteiger partial charge in [0, 0.05) is 18.3 Å². The third kappa shape index (κ3) is 2.57. The fourth-order valence-corrected chi connectivity index (χ4v) is 2.95. The van der Waals surface area contributed by atoms with Crippen molar-refractivity contribution in [3.8, 4) is 5.75 Å². The van der Waals surface area contributed by atoms with Crippen LogP contribution in [0.15, 0.2) is 60.7 Å². The number of para-hydroxylation sites is 2. The number of anilines is 2. The Morgan fingerprint density at radius 3 is 2.23 bits per heavy atom. The predicted molar refractivity (Wildman–Crippen MR) is 102 cm³/mol. The fraction of sp³-hybridized carbons (Fsp3) is 0.0500. The summed E-state index contributed by atoms with van der Waals surface area (Å²) in [5.41, 5.74) is 10.0. The lowest BCUT2D eigenvalue weighted by atomic mass is 10.1. The van der Waals surface area contributed by atoms with E-state index in [1.54, 1.807) is 24.3 Å². The van der Waals surface area contributed by atoms with E-state index in [1.807, 2.05) is 48.3 Å². The summed E-state index contributed by atoms with van der Waals surface area (Å²) in [5.74, 6) is -0.348. The minimum absolute atomic E-state index is 0.109. The minimum Gasteiger partial charge on any atom is -0.506 e. The number of aromatic nitrogens is 2. The number of carbonyl (C=O) groups is 1. The quantitative estimate of drug-likeness (QED) is 0.556. The number of rotatable bonds is 3. The van der Waals surface area contributed by atoms with Crippen LogP contribution in [-0.2, 0) is 0 Å². The number of phenolic OH excluding ortho intramolecular Hbond substituents is 1. The van der Waals surface area contributed by atoms with Crippen LogP contribution >= 0.6 is 0 Å². The van der Waals surface area contributed by atoms with Crippen LogP contribution in [0.2, 0.25) is 0 Å². The second-order valence-electron chi connectivity index (χ2n) is 5.98. The first-order chi connectivity index (χ1) is 12.5. The molecule has 0 spiro atoms. The van der Waals surface area contributed by atoms with E-state index in [4.69, 9.17) is 10.7 Å². The maximum Gasteiger partial charge on any atom is 0.248 e. The highest BCUT2D eigenvalue weighted by molar-refractivity contribution is 5.97. The number of hydrogen-bond donors (Lipinski definition) is 2. The van der Waals surface area contributed by atoms with Gasteiger partial charge in [0.15, 0.2) is 0 Å². The number of fused-ring (bicyclic) bond motifs is 2. The molecular weight excluding hydrogens is 328 g/mol. The van der Waals surface area contributed by atoms with Crippen LogP contribution < -0.4 is 10.6 Å². The molecule has 0 aliphatic carbocycles. The summed E-state index contributed by atoms with van der Waals surface area (Å²) in [5, 5.41) is 10.0. The first-order valence-electron chi connectivity index (χ1n) is 8.06. The van der Waals surface area contributed by atoms with Crippen LogP contribution in [0.1, 0.15) is 10.4 Å². The highest BCUT2D eigenvalue weighted by Gasteiger charge is 2.13. The average Bonchev–Trinajstić information content (AvgIpc) is 2.66. The van der Waals surface area contributed by atoms with Crippen molar-refractivity contribution < 1.29 is 9.90 Å². The normalized spacial score (nSPS) is 11.0. The number of hydrogen-bond acceptors (Lipinski definition) is 5. The van der Waals surface area contributed by atoms with Gasteiger partial charge in [-0.25, -0.2) is 9.97 Å². The van der Waals surface area contributed by atoms with Crippen molar-refractivity contribution >= 4 is 39.3 Å². The molecule has 128 valence electrons. The zero-order chi connectivity index (χ0) is 18.3. The fourth-order valence-electron chi connectivity index (χ4n) is 2.95. The first-order valence-corrected chi connectivity index (χ1v) is 8.06. The molecule has 0 saturated carbocycles. The van der Waals surface area contributed by atoms with Crippen molar-refractivity contribution in [3.63, 3.8) is 0 Å². The summed E-state index contributed by atoms with van der Waals surface area (Å²) >= 11 is 0. The Labute approximate surface area is 149 Å². The van der Waals surface area contributed by atoms with Gasteiger partial charge in [-0.05, 0) is 48.5 Å². The molecule has 3 N–H and O–H groups in total. The summed E-state index contributed by atoms with van der Waals surface area (Å²) in [4.78, 5) is 22.5. The molecule has 0 fully saturated rings. The summed E-state index contributed by atoms with van der Waals surface area (Å²) in [6.07, 6.45) is 0. The van der Waals surface area contributed by atoms with E-state index in [1.165, 1.54) is 0 Å². The van der Waals surface area contributed by atoms with Crippen molar-refractivity contribution in [2.75, 3.05) is 11.9 Å². The lowest BCUT2D eigenvalue weighted by molar-refractivity contribution is 0.100. The third-order valence-electron chi connectivity index (χ3n) is 4.35. The molecule has 4 aromatic rings. The number of amides is 1. The number of primary amides is 1. The Balaban J connectivity index is 1.86. The van der Waals surface area contributed by atoms with Crippen LogP contribution in [0.3, 0.4) is 0 Å². The molecule has 0 aliphatic rings. The van der Waals surface area contributed by atoms with Gasteiger partial charge in [-0.3, -0.25) is 4.79 Å². The predicted octanol–water partition coefficient (Wildman–Crippen LogP) is 3.36. The molecule has 0 atom stereocenters. The van der Waals surface area contributed by atoms with E-state index < -0.39 is 5.91 Å². The number of phenols is 1. The standard InChI is InChI=1S/C20H16N4O2/c1-24(13-10-8-12(9-11-13)20(21)26)16-6-2-4-14-18(16)22-15-5-3-7-17(25)19(15)23-14/h2-11,25H,1H3,(H2,21,26). The molecule has 1 amide bonds. The molecular formula is C20H16N4O2. The summed E-state index contributed by atoms with van der Waals surface area (Å²) in [6.45, 7) is 0. The number of nitrogens with zero attached hydrogens (tertiary/aromatic N) is 3. The zero-order valence-electron chi connectivity index (χ0n) is 14.0. The van der Waals surface area contributed by atoms with Gasteiger partial charge >= 0.3 is 0 Å². The lowest BCUT2D eigenvalue weighted by Crippen LogP contribution is -2.13. The van der Waals surface area contributed by atoms with Gasteiger partial charge in [-0.1, -0.05) is 12.1 Å². The van der Waals surface area contributed by atoms with Gasteiger partial charge in [0.25, 0.3) is 0 Å². The molecule has 0 saturated heterocycles. The average molecular weight is 344 g/mol.